The molecular weight excluding hydrogens is 362 g/mol. The average molecular weight is 395 g/mol. The number of hydrogen-bond donors (Lipinski definition) is 1. The number of nitrogens with zero attached hydrogens (tertiary/aromatic N) is 2. The van der Waals surface area contributed by atoms with Gasteiger partial charge in [-0.1, -0.05) is 26.0 Å². The molecule has 27 heavy (non-hydrogen) atoms. The van der Waals surface area contributed by atoms with Crippen LogP contribution in [0.1, 0.15) is 45.1 Å². The number of piperazine rings is 1. The summed E-state index contributed by atoms with van der Waals surface area (Å²) >= 11 is 0. The van der Waals surface area contributed by atoms with Crippen LogP contribution in [-0.2, 0) is 14.8 Å². The van der Waals surface area contributed by atoms with Crippen LogP contribution in [0.25, 0.3) is 0 Å². The molecule has 1 aromatic rings. The molecule has 3 rings (SSSR count). The largest absolute Gasteiger partial charge is 0.338 e. The first-order valence-electron chi connectivity index (χ1n) is 10.0. The number of amides is 1. The number of carbonyl (C=O) groups is 1. The van der Waals surface area contributed by atoms with Crippen molar-refractivity contribution >= 4 is 15.9 Å². The van der Waals surface area contributed by atoms with Crippen molar-refractivity contribution in [1.29, 1.82) is 0 Å². The Morgan fingerprint density at radius 2 is 1.52 bits per heavy atom. The molecule has 0 bridgehead atoms. The molecule has 2 heterocycles. The number of quaternary nitrogens is 1. The molecule has 0 saturated carbocycles. The van der Waals surface area contributed by atoms with Crippen LogP contribution in [-0.4, -0.2) is 68.8 Å². The van der Waals surface area contributed by atoms with Gasteiger partial charge in [0, 0.05) is 13.1 Å². The highest BCUT2D eigenvalue weighted by atomic mass is 32.2. The second-order valence-electron chi connectivity index (χ2n) is 8.04. The summed E-state index contributed by atoms with van der Waals surface area (Å²) in [5.74, 6) is 0.589. The molecule has 0 radical (unpaired) electrons. The van der Waals surface area contributed by atoms with Crippen molar-refractivity contribution in [3.63, 3.8) is 0 Å². The zero-order chi connectivity index (χ0) is 19.6. The van der Waals surface area contributed by atoms with E-state index in [1.54, 1.807) is 16.4 Å². The van der Waals surface area contributed by atoms with Gasteiger partial charge >= 0.3 is 0 Å². The maximum absolute atomic E-state index is 12.9. The van der Waals surface area contributed by atoms with Crippen molar-refractivity contribution < 1.29 is 18.1 Å². The van der Waals surface area contributed by atoms with Gasteiger partial charge in [0.2, 0.25) is 10.0 Å². The third-order valence-corrected chi connectivity index (χ3v) is 7.86. The first-order chi connectivity index (χ1) is 12.8. The van der Waals surface area contributed by atoms with Crippen LogP contribution in [0.5, 0.6) is 0 Å². The molecule has 2 fully saturated rings. The Kier molecular flexibility index (Phi) is 6.23. The molecule has 1 aromatic carbocycles. The van der Waals surface area contributed by atoms with Gasteiger partial charge in [0.1, 0.15) is 0 Å². The lowest BCUT2D eigenvalue weighted by Gasteiger charge is -2.35. The molecule has 2 aliphatic heterocycles. The zero-order valence-electron chi connectivity index (χ0n) is 16.6. The Morgan fingerprint density at radius 3 is 2.04 bits per heavy atom. The van der Waals surface area contributed by atoms with E-state index >= 15 is 0 Å². The molecule has 1 atom stereocenters. The monoisotopic (exact) mass is 394 g/mol. The number of benzene rings is 1. The van der Waals surface area contributed by atoms with Gasteiger partial charge in [-0.2, -0.15) is 4.31 Å². The number of hydrogen-bond acceptors (Lipinski definition) is 3. The molecule has 0 spiro atoms. The van der Waals surface area contributed by atoms with E-state index in [1.807, 2.05) is 24.0 Å². The van der Waals surface area contributed by atoms with E-state index in [9.17, 15) is 13.2 Å². The van der Waals surface area contributed by atoms with Gasteiger partial charge in [-0.3, -0.25) is 4.79 Å². The van der Waals surface area contributed by atoms with Crippen molar-refractivity contribution in [2.24, 2.45) is 0 Å². The fourth-order valence-electron chi connectivity index (χ4n) is 4.01. The van der Waals surface area contributed by atoms with Crippen molar-refractivity contribution in [3.05, 3.63) is 29.8 Å². The number of rotatable bonds is 5. The van der Waals surface area contributed by atoms with Crippen LogP contribution in [0.2, 0.25) is 0 Å². The summed E-state index contributed by atoms with van der Waals surface area (Å²) in [5, 5.41) is 0. The Labute approximate surface area is 163 Å². The summed E-state index contributed by atoms with van der Waals surface area (Å²) in [5.41, 5.74) is 1.14. The van der Waals surface area contributed by atoms with Crippen LogP contribution in [0, 0.1) is 0 Å². The van der Waals surface area contributed by atoms with Gasteiger partial charge in [0.05, 0.1) is 31.1 Å². The van der Waals surface area contributed by atoms with E-state index in [0.29, 0.717) is 37.0 Å². The fraction of sp³-hybridized carbons (Fsp3) is 0.650. The van der Waals surface area contributed by atoms with Gasteiger partial charge in [0.25, 0.3) is 5.91 Å². The molecule has 7 heteroatoms. The van der Waals surface area contributed by atoms with Gasteiger partial charge in [-0.05, 0) is 43.4 Å². The Morgan fingerprint density at radius 1 is 0.963 bits per heavy atom. The number of nitrogens with one attached hydrogen (secondary N) is 1. The van der Waals surface area contributed by atoms with Crippen LogP contribution >= 0.6 is 0 Å². The molecule has 0 unspecified atom stereocenters. The van der Waals surface area contributed by atoms with Gasteiger partial charge in [0.15, 0.2) is 6.04 Å². The first-order valence-corrected chi connectivity index (χ1v) is 11.5. The Hall–Kier alpha value is -1.44. The van der Waals surface area contributed by atoms with Crippen LogP contribution < -0.4 is 4.90 Å². The van der Waals surface area contributed by atoms with Gasteiger partial charge in [-0.15, -0.1) is 0 Å². The second-order valence-corrected chi connectivity index (χ2v) is 9.98. The fourth-order valence-corrected chi connectivity index (χ4v) is 5.45. The first kappa shape index (κ1) is 20.3. The molecule has 1 N–H and O–H groups in total. The molecule has 150 valence electrons. The predicted molar refractivity (Wildman–Crippen MR) is 105 cm³/mol. The van der Waals surface area contributed by atoms with Crippen molar-refractivity contribution in [1.82, 2.24) is 9.21 Å². The molecular formula is C20H32N3O3S+. The number of carbonyl (C=O) groups excluding carboxylic acids is 1. The SMILES string of the molecule is CC(C)c1ccc(S(=O)(=O)N2CC[NH+]([C@H](C)C(=O)N3CCCC3)CC2)cc1. The summed E-state index contributed by atoms with van der Waals surface area (Å²) in [6.07, 6.45) is 2.19. The number of likely N-dealkylation sites (tertiary alicyclic amines) is 1. The van der Waals surface area contributed by atoms with Crippen molar-refractivity contribution in [2.45, 2.75) is 50.5 Å². The van der Waals surface area contributed by atoms with Crippen LogP contribution in [0.15, 0.2) is 29.2 Å². The molecule has 2 saturated heterocycles. The average Bonchev–Trinajstić information content (AvgIpc) is 3.21. The minimum absolute atomic E-state index is 0.0988. The molecule has 6 nitrogen and oxygen atoms in total. The normalized spacial score (nSPS) is 21.0. The van der Waals surface area contributed by atoms with Crippen molar-refractivity contribution in [3.8, 4) is 0 Å². The highest BCUT2D eigenvalue weighted by Crippen LogP contribution is 2.20. The Bertz CT molecular complexity index is 747. The molecule has 2 aliphatic rings. The van der Waals surface area contributed by atoms with E-state index in [2.05, 4.69) is 13.8 Å². The lowest BCUT2D eigenvalue weighted by Crippen LogP contribution is -3.19. The van der Waals surface area contributed by atoms with E-state index in [1.165, 1.54) is 4.90 Å². The predicted octanol–water partition coefficient (Wildman–Crippen LogP) is 0.710. The van der Waals surface area contributed by atoms with E-state index in [-0.39, 0.29) is 11.9 Å². The van der Waals surface area contributed by atoms with Crippen LogP contribution in [0.4, 0.5) is 0 Å². The quantitative estimate of drug-likeness (QED) is 0.800. The van der Waals surface area contributed by atoms with Crippen LogP contribution in [0.3, 0.4) is 0 Å². The summed E-state index contributed by atoms with van der Waals surface area (Å²) in [6.45, 7) is 10.2. The lowest BCUT2D eigenvalue weighted by molar-refractivity contribution is -0.918. The smallest absolute Gasteiger partial charge is 0.280 e. The minimum atomic E-state index is -3.46. The zero-order valence-corrected chi connectivity index (χ0v) is 17.5. The van der Waals surface area contributed by atoms with Crippen molar-refractivity contribution in [2.75, 3.05) is 39.3 Å². The minimum Gasteiger partial charge on any atom is -0.338 e. The highest BCUT2D eigenvalue weighted by molar-refractivity contribution is 7.89. The highest BCUT2D eigenvalue weighted by Gasteiger charge is 2.36. The maximum Gasteiger partial charge on any atom is 0.280 e. The topological polar surface area (TPSA) is 62.1 Å². The van der Waals surface area contributed by atoms with E-state index < -0.39 is 10.0 Å². The second kappa shape index (κ2) is 8.29. The standard InChI is InChI=1S/C20H31N3O3S/c1-16(2)18-6-8-19(9-7-18)27(25,26)23-14-12-21(13-15-23)17(3)20(24)22-10-4-5-11-22/h6-9,16-17H,4-5,10-15H2,1-3H3/p+1/t17-/m1/s1. The van der Waals surface area contributed by atoms with E-state index in [0.717, 1.165) is 31.5 Å². The summed E-state index contributed by atoms with van der Waals surface area (Å²) in [6, 6.07) is 7.12. The number of sulfonamides is 1. The van der Waals surface area contributed by atoms with Gasteiger partial charge < -0.3 is 9.80 Å². The summed E-state index contributed by atoms with van der Waals surface area (Å²) in [7, 11) is -3.46. The Balaban J connectivity index is 1.61. The van der Waals surface area contributed by atoms with E-state index in [4.69, 9.17) is 0 Å². The lowest BCUT2D eigenvalue weighted by atomic mass is 10.0. The summed E-state index contributed by atoms with van der Waals surface area (Å²) < 4.78 is 27.4. The summed E-state index contributed by atoms with van der Waals surface area (Å²) in [4.78, 5) is 16.1. The third-order valence-electron chi connectivity index (χ3n) is 5.95. The molecule has 0 aromatic heterocycles. The maximum atomic E-state index is 12.9. The van der Waals surface area contributed by atoms with Gasteiger partial charge in [-0.25, -0.2) is 8.42 Å². The molecule has 1 amide bonds. The molecule has 0 aliphatic carbocycles. The third kappa shape index (κ3) is 4.36.